The molecule has 1 aliphatic rings. The van der Waals surface area contributed by atoms with Gasteiger partial charge in [-0.3, -0.25) is 9.48 Å². The van der Waals surface area contributed by atoms with Gasteiger partial charge >= 0.3 is 0 Å². The summed E-state index contributed by atoms with van der Waals surface area (Å²) < 4.78 is 26.9. The van der Waals surface area contributed by atoms with E-state index in [0.29, 0.717) is 38.0 Å². The van der Waals surface area contributed by atoms with E-state index in [4.69, 9.17) is 0 Å². The van der Waals surface area contributed by atoms with E-state index in [0.717, 1.165) is 16.7 Å². The molecule has 1 amide bonds. The molecule has 4 rings (SSSR count). The second kappa shape index (κ2) is 9.26. The highest BCUT2D eigenvalue weighted by Crippen LogP contribution is 2.27. The van der Waals surface area contributed by atoms with Crippen LogP contribution in [0.25, 0.3) is 11.1 Å². The minimum atomic E-state index is -3.23. The van der Waals surface area contributed by atoms with Crippen LogP contribution in [0.4, 0.5) is 0 Å². The molecule has 0 N–H and O–H groups in total. The quantitative estimate of drug-likeness (QED) is 0.576. The normalized spacial score (nSPS) is 15.3. The van der Waals surface area contributed by atoms with Crippen molar-refractivity contribution < 1.29 is 13.2 Å². The molecule has 2 aromatic carbocycles. The van der Waals surface area contributed by atoms with Gasteiger partial charge in [-0.1, -0.05) is 42.5 Å². The third kappa shape index (κ3) is 4.92. The number of nitrogens with zero attached hydrogens (tertiary/aromatic N) is 4. The first kappa shape index (κ1) is 22.2. The number of likely N-dealkylation sites (tertiary alicyclic amines) is 1. The standard InChI is InChI=1S/C24H28N4O3S/c1-26(32(2,30)31)21-12-16-27(17-13-21)24(29)23-7-4-3-6-22(23)20-10-8-19(9-11-20)18-28-15-5-14-25-28/h3-11,14-15,21H,12-13,16-18H2,1-2H3. The van der Waals surface area contributed by atoms with Crippen LogP contribution in [0.3, 0.4) is 0 Å². The molecule has 1 aliphatic heterocycles. The van der Waals surface area contributed by atoms with Crippen LogP contribution in [-0.2, 0) is 16.6 Å². The molecule has 0 atom stereocenters. The lowest BCUT2D eigenvalue weighted by atomic mass is 9.96. The predicted molar refractivity (Wildman–Crippen MR) is 125 cm³/mol. The summed E-state index contributed by atoms with van der Waals surface area (Å²) in [7, 11) is -1.62. The van der Waals surface area contributed by atoms with E-state index in [9.17, 15) is 13.2 Å². The summed E-state index contributed by atoms with van der Waals surface area (Å²) in [6, 6.07) is 17.7. The highest BCUT2D eigenvalue weighted by atomic mass is 32.2. The maximum Gasteiger partial charge on any atom is 0.254 e. The summed E-state index contributed by atoms with van der Waals surface area (Å²) in [5, 5.41) is 4.24. The average molecular weight is 453 g/mol. The molecule has 7 nitrogen and oxygen atoms in total. The monoisotopic (exact) mass is 452 g/mol. The number of rotatable bonds is 6. The van der Waals surface area contributed by atoms with Gasteiger partial charge in [0.25, 0.3) is 5.91 Å². The molecule has 0 aliphatic carbocycles. The van der Waals surface area contributed by atoms with Crippen LogP contribution in [0, 0.1) is 0 Å². The predicted octanol–water partition coefficient (Wildman–Crippen LogP) is 3.09. The second-order valence-electron chi connectivity index (χ2n) is 8.25. The van der Waals surface area contributed by atoms with Gasteiger partial charge in [0, 0.05) is 44.1 Å². The third-order valence-corrected chi connectivity index (χ3v) is 7.46. The fraction of sp³-hybridized carbons (Fsp3) is 0.333. The van der Waals surface area contributed by atoms with Gasteiger partial charge in [-0.15, -0.1) is 0 Å². The first-order valence-electron chi connectivity index (χ1n) is 10.7. The number of carbonyl (C=O) groups excluding carboxylic acids is 1. The number of sulfonamides is 1. The van der Waals surface area contributed by atoms with Crippen LogP contribution in [0.5, 0.6) is 0 Å². The molecule has 1 fully saturated rings. The maximum atomic E-state index is 13.3. The lowest BCUT2D eigenvalue weighted by Gasteiger charge is -2.36. The number of aromatic nitrogens is 2. The Kier molecular flexibility index (Phi) is 6.43. The summed E-state index contributed by atoms with van der Waals surface area (Å²) in [6.07, 6.45) is 6.19. The number of benzene rings is 2. The molecule has 1 saturated heterocycles. The van der Waals surface area contributed by atoms with Gasteiger partial charge in [0.2, 0.25) is 10.0 Å². The van der Waals surface area contributed by atoms with E-state index in [1.54, 1.807) is 13.2 Å². The summed E-state index contributed by atoms with van der Waals surface area (Å²) in [5.41, 5.74) is 3.70. The van der Waals surface area contributed by atoms with E-state index < -0.39 is 10.0 Å². The summed E-state index contributed by atoms with van der Waals surface area (Å²) in [6.45, 7) is 1.78. The molecule has 0 bridgehead atoms. The van der Waals surface area contributed by atoms with Crippen LogP contribution in [0.1, 0.15) is 28.8 Å². The number of carbonyl (C=O) groups is 1. The Morgan fingerprint density at radius 2 is 1.75 bits per heavy atom. The molecule has 0 unspecified atom stereocenters. The van der Waals surface area contributed by atoms with Gasteiger partial charge in [-0.05, 0) is 41.7 Å². The van der Waals surface area contributed by atoms with Crippen molar-refractivity contribution in [2.45, 2.75) is 25.4 Å². The first-order valence-corrected chi connectivity index (χ1v) is 12.6. The maximum absolute atomic E-state index is 13.3. The smallest absolute Gasteiger partial charge is 0.254 e. The lowest BCUT2D eigenvalue weighted by molar-refractivity contribution is 0.0687. The van der Waals surface area contributed by atoms with Crippen molar-refractivity contribution in [3.63, 3.8) is 0 Å². The van der Waals surface area contributed by atoms with Gasteiger partial charge in [-0.25, -0.2) is 12.7 Å². The Hall–Kier alpha value is -2.97. The van der Waals surface area contributed by atoms with Crippen LogP contribution >= 0.6 is 0 Å². The summed E-state index contributed by atoms with van der Waals surface area (Å²) >= 11 is 0. The van der Waals surface area contributed by atoms with Crippen LogP contribution in [0.2, 0.25) is 0 Å². The first-order chi connectivity index (χ1) is 15.3. The molecular formula is C24H28N4O3S. The number of hydrogen-bond acceptors (Lipinski definition) is 4. The van der Waals surface area contributed by atoms with Crippen molar-refractivity contribution in [3.05, 3.63) is 78.1 Å². The average Bonchev–Trinajstić information content (AvgIpc) is 3.31. The Morgan fingerprint density at radius 1 is 1.06 bits per heavy atom. The number of hydrogen-bond donors (Lipinski definition) is 0. The topological polar surface area (TPSA) is 75.5 Å². The van der Waals surface area contributed by atoms with Crippen LogP contribution in [0.15, 0.2) is 67.0 Å². The van der Waals surface area contributed by atoms with E-state index >= 15 is 0 Å². The molecule has 1 aromatic heterocycles. The molecule has 168 valence electrons. The van der Waals surface area contributed by atoms with E-state index in [1.807, 2.05) is 58.2 Å². The third-order valence-electron chi connectivity index (χ3n) is 6.12. The molecular weight excluding hydrogens is 424 g/mol. The molecule has 2 heterocycles. The second-order valence-corrected chi connectivity index (χ2v) is 10.3. The van der Waals surface area contributed by atoms with E-state index in [-0.39, 0.29) is 11.9 Å². The van der Waals surface area contributed by atoms with Gasteiger partial charge in [-0.2, -0.15) is 5.10 Å². The highest BCUT2D eigenvalue weighted by Gasteiger charge is 2.30. The van der Waals surface area contributed by atoms with Gasteiger partial charge in [0.1, 0.15) is 0 Å². The molecule has 3 aromatic rings. The van der Waals surface area contributed by atoms with Gasteiger partial charge in [0.05, 0.1) is 12.8 Å². The van der Waals surface area contributed by atoms with Crippen LogP contribution in [-0.4, -0.2) is 65.7 Å². The van der Waals surface area contributed by atoms with Crippen LogP contribution < -0.4 is 0 Å². The zero-order chi connectivity index (χ0) is 22.7. The zero-order valence-corrected chi connectivity index (χ0v) is 19.2. The minimum Gasteiger partial charge on any atom is -0.339 e. The largest absolute Gasteiger partial charge is 0.339 e. The fourth-order valence-corrected chi connectivity index (χ4v) is 4.92. The van der Waals surface area contributed by atoms with Crippen molar-refractivity contribution in [2.75, 3.05) is 26.4 Å². The molecule has 8 heteroatoms. The van der Waals surface area contributed by atoms with Crippen molar-refractivity contribution in [1.29, 1.82) is 0 Å². The molecule has 0 spiro atoms. The van der Waals surface area contributed by atoms with Crippen molar-refractivity contribution in [2.24, 2.45) is 0 Å². The van der Waals surface area contributed by atoms with Crippen molar-refractivity contribution in [1.82, 2.24) is 19.0 Å². The minimum absolute atomic E-state index is 0.0123. The highest BCUT2D eigenvalue weighted by molar-refractivity contribution is 7.88. The molecule has 0 saturated carbocycles. The molecule has 32 heavy (non-hydrogen) atoms. The summed E-state index contributed by atoms with van der Waals surface area (Å²) in [5.74, 6) is -0.0123. The number of piperidine rings is 1. The van der Waals surface area contributed by atoms with E-state index in [1.165, 1.54) is 10.6 Å². The summed E-state index contributed by atoms with van der Waals surface area (Å²) in [4.78, 5) is 15.2. The van der Waals surface area contributed by atoms with Gasteiger partial charge < -0.3 is 4.90 Å². The Bertz CT molecular complexity index is 1170. The fourth-order valence-electron chi connectivity index (χ4n) is 4.17. The van der Waals surface area contributed by atoms with E-state index in [2.05, 4.69) is 17.2 Å². The Balaban J connectivity index is 1.48. The van der Waals surface area contributed by atoms with Crippen molar-refractivity contribution in [3.8, 4) is 11.1 Å². The van der Waals surface area contributed by atoms with Crippen molar-refractivity contribution >= 4 is 15.9 Å². The zero-order valence-electron chi connectivity index (χ0n) is 18.4. The van der Waals surface area contributed by atoms with Gasteiger partial charge in [0.15, 0.2) is 0 Å². The number of amides is 1. The lowest BCUT2D eigenvalue weighted by Crippen LogP contribution is -2.47. The molecule has 0 radical (unpaired) electrons. The SMILES string of the molecule is CN(C1CCN(C(=O)c2ccccc2-c2ccc(Cn3cccn3)cc2)CC1)S(C)(=O)=O. The Labute approximate surface area is 189 Å². The Morgan fingerprint density at radius 3 is 2.38 bits per heavy atom.